The van der Waals surface area contributed by atoms with Crippen LogP contribution in [0.15, 0.2) is 18.2 Å². The van der Waals surface area contributed by atoms with Crippen molar-refractivity contribution in [2.75, 3.05) is 47.0 Å². The summed E-state index contributed by atoms with van der Waals surface area (Å²) in [6.45, 7) is 11.1. The molecule has 0 radical (unpaired) electrons. The van der Waals surface area contributed by atoms with Gasteiger partial charge in [0, 0.05) is 30.7 Å². The van der Waals surface area contributed by atoms with Gasteiger partial charge in [-0.1, -0.05) is 12.1 Å². The summed E-state index contributed by atoms with van der Waals surface area (Å²) >= 11 is 0. The molecule has 172 valence electrons. The van der Waals surface area contributed by atoms with Crippen LogP contribution in [0.1, 0.15) is 48.4 Å². The van der Waals surface area contributed by atoms with E-state index in [-0.39, 0.29) is 5.69 Å². The molecular formula is C22H35N5O4. The van der Waals surface area contributed by atoms with E-state index in [1.54, 1.807) is 0 Å². The predicted molar refractivity (Wildman–Crippen MR) is 117 cm³/mol. The number of benzene rings is 1. The number of hydrogen-bond acceptors (Lipinski definition) is 7. The van der Waals surface area contributed by atoms with Crippen molar-refractivity contribution < 1.29 is 29.0 Å². The van der Waals surface area contributed by atoms with Gasteiger partial charge >= 0.3 is 0 Å². The summed E-state index contributed by atoms with van der Waals surface area (Å²) in [6, 6.07) is 5.08. The number of amidine groups is 2. The molecule has 1 aromatic rings. The van der Waals surface area contributed by atoms with Crippen molar-refractivity contribution in [2.45, 2.75) is 39.8 Å². The first-order chi connectivity index (χ1) is 14.3. The average molecular weight is 434 g/mol. The summed E-state index contributed by atoms with van der Waals surface area (Å²) < 4.78 is 4.61. The van der Waals surface area contributed by atoms with Crippen LogP contribution in [0.25, 0.3) is 0 Å². The Morgan fingerprint density at radius 3 is 1.55 bits per heavy atom. The maximum absolute atomic E-state index is 10.5. The van der Waals surface area contributed by atoms with E-state index in [0.717, 1.165) is 6.07 Å². The Bertz CT molecular complexity index is 826. The molecule has 2 heterocycles. The topological polar surface area (TPSA) is 119 Å². The minimum Gasteiger partial charge on any atom is -0.545 e. The summed E-state index contributed by atoms with van der Waals surface area (Å²) in [5, 5.41) is 20.9. The second-order valence-corrected chi connectivity index (χ2v) is 8.12. The number of rotatable bonds is 2. The van der Waals surface area contributed by atoms with E-state index < -0.39 is 23.1 Å². The molecule has 31 heavy (non-hydrogen) atoms. The van der Waals surface area contributed by atoms with Gasteiger partial charge < -0.3 is 25.5 Å². The molecule has 2 atom stereocenters. The lowest BCUT2D eigenvalue weighted by Gasteiger charge is -2.12. The first kappa shape index (κ1) is 25.9. The van der Waals surface area contributed by atoms with Gasteiger partial charge in [-0.25, -0.2) is 0 Å². The highest BCUT2D eigenvalue weighted by Gasteiger charge is 2.27. The number of nitrogens with zero attached hydrogens (tertiary/aromatic N) is 4. The molecule has 0 bridgehead atoms. The minimum atomic E-state index is -1.63. The summed E-state index contributed by atoms with van der Waals surface area (Å²) in [4.78, 5) is 25.5. The number of carbonyl (C=O) groups is 2. The van der Waals surface area contributed by atoms with Crippen LogP contribution in [0.4, 0.5) is 5.69 Å². The normalized spacial score (nSPS) is 20.3. The highest BCUT2D eigenvalue weighted by molar-refractivity contribution is 6.03. The SMILES string of the molecule is CC1=[N+](C)C(C)CN1C.CC1=[N+](C)C(C)CN1C.Nc1cccc(C(=O)[O-])c1C(=O)[O-]. The Labute approximate surface area is 184 Å². The van der Waals surface area contributed by atoms with Crippen LogP contribution in [0.2, 0.25) is 0 Å². The maximum Gasteiger partial charge on any atom is 0.243 e. The van der Waals surface area contributed by atoms with Crippen molar-refractivity contribution in [1.82, 2.24) is 9.80 Å². The lowest BCUT2D eigenvalue weighted by Crippen LogP contribution is -2.30. The van der Waals surface area contributed by atoms with Crippen LogP contribution in [-0.2, 0) is 0 Å². The van der Waals surface area contributed by atoms with E-state index >= 15 is 0 Å². The fourth-order valence-corrected chi connectivity index (χ4v) is 3.45. The van der Waals surface area contributed by atoms with Gasteiger partial charge in [0.15, 0.2) is 0 Å². The minimum absolute atomic E-state index is 0.151. The van der Waals surface area contributed by atoms with Crippen LogP contribution < -0.4 is 15.9 Å². The fourth-order valence-electron chi connectivity index (χ4n) is 3.45. The number of carbonyl (C=O) groups excluding carboxylic acids is 2. The molecule has 0 saturated carbocycles. The number of aromatic carboxylic acids is 2. The van der Waals surface area contributed by atoms with Crippen molar-refractivity contribution in [3.05, 3.63) is 29.3 Å². The molecule has 2 aliphatic rings. The molecule has 9 heteroatoms. The molecule has 0 aliphatic carbocycles. The van der Waals surface area contributed by atoms with Crippen molar-refractivity contribution in [3.8, 4) is 0 Å². The molecule has 0 saturated heterocycles. The smallest absolute Gasteiger partial charge is 0.243 e. The summed E-state index contributed by atoms with van der Waals surface area (Å²) in [5.41, 5.74) is 4.09. The largest absolute Gasteiger partial charge is 0.545 e. The lowest BCUT2D eigenvalue weighted by atomic mass is 10.1. The number of hydrogen-bond donors (Lipinski definition) is 1. The van der Waals surface area contributed by atoms with Crippen molar-refractivity contribution in [3.63, 3.8) is 0 Å². The molecule has 2 N–H and O–H groups in total. The van der Waals surface area contributed by atoms with Crippen LogP contribution >= 0.6 is 0 Å². The maximum atomic E-state index is 10.5. The standard InChI is InChI=1S/C8H7NO4.2C7H15N2/c9-5-3-1-2-4(7(10)11)6(5)8(12)13;2*1-6-5-8(3)7(2)9(6)4/h1-3H,9H2,(H,10,11)(H,12,13);2*6H,5H2,1-4H3/q;2*+1/p-2. The second kappa shape index (κ2) is 10.8. The number of nitrogen functional groups attached to an aromatic ring is 1. The first-order valence-electron chi connectivity index (χ1n) is 10.2. The molecule has 0 aromatic heterocycles. The zero-order valence-corrected chi connectivity index (χ0v) is 19.8. The van der Waals surface area contributed by atoms with Crippen molar-refractivity contribution in [1.29, 1.82) is 0 Å². The molecule has 0 fully saturated rings. The van der Waals surface area contributed by atoms with Gasteiger partial charge in [0.25, 0.3) is 0 Å². The zero-order chi connectivity index (χ0) is 24.0. The summed E-state index contributed by atoms with van der Waals surface area (Å²) in [6.07, 6.45) is 0. The van der Waals surface area contributed by atoms with Crippen LogP contribution in [0.3, 0.4) is 0 Å². The van der Waals surface area contributed by atoms with Crippen LogP contribution in [0.5, 0.6) is 0 Å². The molecule has 1 aromatic carbocycles. The number of nitrogens with two attached hydrogens (primary N) is 1. The number of carboxylic acid groups (broad SMARTS) is 2. The van der Waals surface area contributed by atoms with Gasteiger partial charge in [-0.3, -0.25) is 19.0 Å². The summed E-state index contributed by atoms with van der Waals surface area (Å²) in [5.74, 6) is -0.464. The highest BCUT2D eigenvalue weighted by Crippen LogP contribution is 2.15. The van der Waals surface area contributed by atoms with E-state index in [0.29, 0.717) is 12.1 Å². The number of anilines is 1. The Kier molecular flexibility index (Phi) is 9.02. The molecule has 3 rings (SSSR count). The number of carboxylic acids is 2. The Morgan fingerprint density at radius 1 is 0.935 bits per heavy atom. The fraction of sp³-hybridized carbons (Fsp3) is 0.545. The Morgan fingerprint density at radius 2 is 1.35 bits per heavy atom. The molecule has 0 spiro atoms. The van der Waals surface area contributed by atoms with Gasteiger partial charge in [0.1, 0.15) is 25.2 Å². The average Bonchev–Trinajstić information content (AvgIpc) is 3.05. The molecule has 2 unspecified atom stereocenters. The third-order valence-electron chi connectivity index (χ3n) is 6.04. The van der Waals surface area contributed by atoms with Gasteiger partial charge in [0.05, 0.1) is 40.1 Å². The third kappa shape index (κ3) is 6.44. The van der Waals surface area contributed by atoms with Gasteiger partial charge in [-0.05, 0) is 19.9 Å². The third-order valence-corrected chi connectivity index (χ3v) is 6.04. The van der Waals surface area contributed by atoms with E-state index in [4.69, 9.17) is 5.73 Å². The van der Waals surface area contributed by atoms with Crippen molar-refractivity contribution >= 4 is 29.3 Å². The molecule has 0 amide bonds. The first-order valence-corrected chi connectivity index (χ1v) is 10.2. The van der Waals surface area contributed by atoms with Gasteiger partial charge in [-0.15, -0.1) is 0 Å². The van der Waals surface area contributed by atoms with E-state index in [9.17, 15) is 19.8 Å². The van der Waals surface area contributed by atoms with Crippen molar-refractivity contribution in [2.24, 2.45) is 0 Å². The van der Waals surface area contributed by atoms with E-state index in [2.05, 4.69) is 74.8 Å². The zero-order valence-electron chi connectivity index (χ0n) is 19.8. The Balaban J connectivity index is 0.000000239. The van der Waals surface area contributed by atoms with E-state index in [1.807, 2.05) is 0 Å². The monoisotopic (exact) mass is 433 g/mol. The predicted octanol–water partition coefficient (Wildman–Crippen LogP) is -1.24. The van der Waals surface area contributed by atoms with Gasteiger partial charge in [0.2, 0.25) is 11.7 Å². The number of likely N-dealkylation sites (N-methyl/N-ethyl adjacent to an activating group) is 4. The Hall–Kier alpha value is -3.10. The van der Waals surface area contributed by atoms with Gasteiger partial charge in [-0.2, -0.15) is 0 Å². The lowest BCUT2D eigenvalue weighted by molar-refractivity contribution is -0.523. The molecule has 9 nitrogen and oxygen atoms in total. The molecule has 2 aliphatic heterocycles. The van der Waals surface area contributed by atoms with Crippen LogP contribution in [0, 0.1) is 0 Å². The summed E-state index contributed by atoms with van der Waals surface area (Å²) in [7, 11) is 8.55. The quantitative estimate of drug-likeness (QED) is 0.458. The molecular weight excluding hydrogens is 398 g/mol. The van der Waals surface area contributed by atoms with Crippen LogP contribution in [-0.4, -0.2) is 95.9 Å². The highest BCUT2D eigenvalue weighted by atomic mass is 16.4. The second-order valence-electron chi connectivity index (χ2n) is 8.12. The van der Waals surface area contributed by atoms with E-state index in [1.165, 1.54) is 36.9 Å².